The van der Waals surface area contributed by atoms with Crippen LogP contribution in [0.1, 0.15) is 40.5 Å². The Kier molecular flexibility index (Phi) is 14.0. The summed E-state index contributed by atoms with van der Waals surface area (Å²) in [4.78, 5) is 33.0. The summed E-state index contributed by atoms with van der Waals surface area (Å²) in [5.74, 6) is -0.781. The van der Waals surface area contributed by atoms with E-state index in [2.05, 4.69) is 16.0 Å². The Morgan fingerprint density at radius 2 is 1.22 bits per heavy atom. The van der Waals surface area contributed by atoms with Crippen molar-refractivity contribution in [2.45, 2.75) is 40.5 Å². The molecule has 0 aliphatic carbocycles. The van der Waals surface area contributed by atoms with Crippen molar-refractivity contribution in [2.24, 2.45) is 0 Å². The van der Waals surface area contributed by atoms with Crippen molar-refractivity contribution in [3.05, 3.63) is 0 Å². The zero-order valence-electron chi connectivity index (χ0n) is 11.8. The fourth-order valence-electron chi connectivity index (χ4n) is 0.872. The molecule has 0 rings (SSSR count). The van der Waals surface area contributed by atoms with E-state index in [9.17, 15) is 14.4 Å². The zero-order chi connectivity index (χ0) is 14.4. The van der Waals surface area contributed by atoms with Crippen LogP contribution in [0, 0.1) is 0 Å². The van der Waals surface area contributed by atoms with E-state index in [4.69, 9.17) is 0 Å². The van der Waals surface area contributed by atoms with Crippen LogP contribution in [-0.4, -0.2) is 37.4 Å². The highest BCUT2D eigenvalue weighted by Gasteiger charge is 2.05. The summed E-state index contributed by atoms with van der Waals surface area (Å²) in [7, 11) is 0. The molecule has 3 amide bonds. The van der Waals surface area contributed by atoms with Gasteiger partial charge in [-0.15, -0.1) is 0 Å². The number of hydrogen-bond acceptors (Lipinski definition) is 3. The Morgan fingerprint density at radius 3 is 1.67 bits per heavy atom. The highest BCUT2D eigenvalue weighted by Crippen LogP contribution is 1.75. The van der Waals surface area contributed by atoms with Gasteiger partial charge in [0.15, 0.2) is 0 Å². The lowest BCUT2D eigenvalue weighted by molar-refractivity contribution is -0.127. The lowest BCUT2D eigenvalue weighted by atomic mass is 10.4. The van der Waals surface area contributed by atoms with Gasteiger partial charge >= 0.3 is 0 Å². The van der Waals surface area contributed by atoms with Crippen LogP contribution in [0.25, 0.3) is 0 Å². The summed E-state index contributed by atoms with van der Waals surface area (Å²) in [6, 6.07) is 0. The van der Waals surface area contributed by atoms with E-state index < -0.39 is 0 Å². The molecule has 0 aliphatic rings. The average molecular weight is 259 g/mol. The first-order valence-corrected chi connectivity index (χ1v) is 6.40. The number of carbonyl (C=O) groups excluding carboxylic acids is 3. The minimum absolute atomic E-state index is 0.0547. The quantitative estimate of drug-likeness (QED) is 0.609. The lowest BCUT2D eigenvalue weighted by Crippen LogP contribution is -2.42. The first-order chi connectivity index (χ1) is 8.60. The first kappa shape index (κ1) is 18.8. The van der Waals surface area contributed by atoms with Crippen molar-refractivity contribution in [3.8, 4) is 0 Å². The maximum atomic E-state index is 11.1. The Hall–Kier alpha value is -1.59. The SMILES string of the molecule is CC.CCCNC(=O)CNC(=O)CNC(=O)CC. The van der Waals surface area contributed by atoms with Gasteiger partial charge in [-0.25, -0.2) is 0 Å². The molecule has 0 aromatic carbocycles. The molecule has 0 unspecified atom stereocenters. The van der Waals surface area contributed by atoms with Crippen LogP contribution in [-0.2, 0) is 14.4 Å². The molecule has 106 valence electrons. The van der Waals surface area contributed by atoms with Crippen LogP contribution in [0.15, 0.2) is 0 Å². The smallest absolute Gasteiger partial charge is 0.239 e. The van der Waals surface area contributed by atoms with E-state index in [1.54, 1.807) is 6.92 Å². The second-order valence-corrected chi connectivity index (χ2v) is 3.26. The summed E-state index contributed by atoms with van der Waals surface area (Å²) in [5.41, 5.74) is 0. The summed E-state index contributed by atoms with van der Waals surface area (Å²) >= 11 is 0. The van der Waals surface area contributed by atoms with E-state index >= 15 is 0 Å². The number of rotatable bonds is 7. The Balaban J connectivity index is 0. The fourth-order valence-corrected chi connectivity index (χ4v) is 0.872. The fraction of sp³-hybridized carbons (Fsp3) is 0.750. The molecule has 0 radical (unpaired) electrons. The van der Waals surface area contributed by atoms with Crippen molar-refractivity contribution in [2.75, 3.05) is 19.6 Å². The first-order valence-electron chi connectivity index (χ1n) is 6.40. The van der Waals surface area contributed by atoms with Crippen LogP contribution in [0.2, 0.25) is 0 Å². The zero-order valence-corrected chi connectivity index (χ0v) is 11.8. The Labute approximate surface area is 109 Å². The maximum Gasteiger partial charge on any atom is 0.239 e. The molecular formula is C12H25N3O3. The summed E-state index contributed by atoms with van der Waals surface area (Å²) in [6.07, 6.45) is 1.19. The normalized spacial score (nSPS) is 8.67. The second-order valence-electron chi connectivity index (χ2n) is 3.26. The van der Waals surface area contributed by atoms with Crippen LogP contribution in [0.5, 0.6) is 0 Å². The molecule has 0 heterocycles. The van der Waals surface area contributed by atoms with Gasteiger partial charge in [-0.05, 0) is 6.42 Å². The van der Waals surface area contributed by atoms with Crippen molar-refractivity contribution >= 4 is 17.7 Å². The molecule has 6 nitrogen and oxygen atoms in total. The second kappa shape index (κ2) is 13.5. The van der Waals surface area contributed by atoms with Crippen LogP contribution >= 0.6 is 0 Å². The number of amides is 3. The standard InChI is InChI=1S/C10H19N3O3.C2H6/c1-3-5-11-9(15)6-13-10(16)7-12-8(14)4-2;1-2/h3-7H2,1-2H3,(H,11,15)(H,12,14)(H,13,16);1-2H3. The molecule has 6 heteroatoms. The third kappa shape index (κ3) is 12.5. The van der Waals surface area contributed by atoms with Gasteiger partial charge in [-0.3, -0.25) is 14.4 Å². The average Bonchev–Trinajstić information content (AvgIpc) is 2.42. The number of hydrogen-bond donors (Lipinski definition) is 3. The highest BCUT2D eigenvalue weighted by atomic mass is 16.2. The number of carbonyl (C=O) groups is 3. The van der Waals surface area contributed by atoms with E-state index in [-0.39, 0.29) is 30.8 Å². The van der Waals surface area contributed by atoms with Gasteiger partial charge in [0.2, 0.25) is 17.7 Å². The summed E-state index contributed by atoms with van der Waals surface area (Å²) in [5, 5.41) is 7.44. The van der Waals surface area contributed by atoms with Crippen molar-refractivity contribution in [1.29, 1.82) is 0 Å². The minimum atomic E-state index is -0.367. The molecule has 0 aliphatic heterocycles. The Bertz CT molecular complexity index is 255. The van der Waals surface area contributed by atoms with Gasteiger partial charge in [0.1, 0.15) is 0 Å². The molecule has 18 heavy (non-hydrogen) atoms. The molecule has 0 aromatic rings. The van der Waals surface area contributed by atoms with Crippen LogP contribution in [0.3, 0.4) is 0 Å². The van der Waals surface area contributed by atoms with Gasteiger partial charge in [-0.2, -0.15) is 0 Å². The molecular weight excluding hydrogens is 234 g/mol. The predicted molar refractivity (Wildman–Crippen MR) is 71.0 cm³/mol. The predicted octanol–water partition coefficient (Wildman–Crippen LogP) is 0.181. The largest absolute Gasteiger partial charge is 0.355 e. The number of nitrogens with one attached hydrogen (secondary N) is 3. The third-order valence-electron chi connectivity index (χ3n) is 1.79. The molecule has 0 bridgehead atoms. The van der Waals surface area contributed by atoms with Crippen molar-refractivity contribution < 1.29 is 14.4 Å². The van der Waals surface area contributed by atoms with Gasteiger partial charge in [0, 0.05) is 13.0 Å². The van der Waals surface area contributed by atoms with Crippen LogP contribution in [0.4, 0.5) is 0 Å². The molecule has 0 aromatic heterocycles. The monoisotopic (exact) mass is 259 g/mol. The summed E-state index contributed by atoms with van der Waals surface area (Å²) < 4.78 is 0. The third-order valence-corrected chi connectivity index (χ3v) is 1.79. The minimum Gasteiger partial charge on any atom is -0.355 e. The molecule has 0 fully saturated rings. The molecule has 0 saturated carbocycles. The van der Waals surface area contributed by atoms with E-state index in [0.29, 0.717) is 13.0 Å². The van der Waals surface area contributed by atoms with E-state index in [0.717, 1.165) is 6.42 Å². The van der Waals surface area contributed by atoms with Crippen molar-refractivity contribution in [3.63, 3.8) is 0 Å². The van der Waals surface area contributed by atoms with Gasteiger partial charge < -0.3 is 16.0 Å². The molecule has 0 saturated heterocycles. The molecule has 3 N–H and O–H groups in total. The Morgan fingerprint density at radius 1 is 0.778 bits per heavy atom. The van der Waals surface area contributed by atoms with Crippen LogP contribution < -0.4 is 16.0 Å². The lowest BCUT2D eigenvalue weighted by Gasteiger charge is -2.06. The molecule has 0 spiro atoms. The van der Waals surface area contributed by atoms with Gasteiger partial charge in [0.25, 0.3) is 0 Å². The highest BCUT2D eigenvalue weighted by molar-refractivity contribution is 5.88. The van der Waals surface area contributed by atoms with Gasteiger partial charge in [-0.1, -0.05) is 27.7 Å². The van der Waals surface area contributed by atoms with E-state index in [1.807, 2.05) is 20.8 Å². The van der Waals surface area contributed by atoms with Crippen molar-refractivity contribution in [1.82, 2.24) is 16.0 Å². The maximum absolute atomic E-state index is 11.1. The molecule has 0 atom stereocenters. The van der Waals surface area contributed by atoms with Gasteiger partial charge in [0.05, 0.1) is 13.1 Å². The summed E-state index contributed by atoms with van der Waals surface area (Å²) in [6.45, 7) is 8.10. The topological polar surface area (TPSA) is 87.3 Å². The van der Waals surface area contributed by atoms with E-state index in [1.165, 1.54) is 0 Å².